The average Bonchev–Trinajstić information content (AvgIpc) is 3.23. The van der Waals surface area contributed by atoms with Gasteiger partial charge in [-0.2, -0.15) is 0 Å². The van der Waals surface area contributed by atoms with Gasteiger partial charge in [0.05, 0.1) is 12.3 Å². The van der Waals surface area contributed by atoms with E-state index < -0.39 is 24.8 Å². The van der Waals surface area contributed by atoms with Crippen LogP contribution in [0.25, 0.3) is 11.1 Å². The molecular formula is C24H16BNO. The van der Waals surface area contributed by atoms with Gasteiger partial charge in [0.2, 0.25) is 0 Å². The maximum atomic E-state index is 8.62. The van der Waals surface area contributed by atoms with Gasteiger partial charge in [-0.05, 0) is 46.3 Å². The summed E-state index contributed by atoms with van der Waals surface area (Å²) in [5.74, 6) is 0.986. The fourth-order valence-electron chi connectivity index (χ4n) is 3.87. The normalized spacial score (nSPS) is 17.3. The lowest BCUT2D eigenvalue weighted by Crippen LogP contribution is -2.51. The first kappa shape index (κ1) is 8.49. The minimum absolute atomic E-state index is 0.0558. The molecule has 1 N–H and O–H groups in total. The van der Waals surface area contributed by atoms with E-state index in [2.05, 4.69) is 5.32 Å². The Morgan fingerprint density at radius 1 is 0.741 bits per heavy atom. The maximum Gasteiger partial charge on any atom is 0.252 e. The van der Waals surface area contributed by atoms with Gasteiger partial charge in [-0.15, -0.1) is 0 Å². The number of benzene rings is 4. The predicted octanol–water partition coefficient (Wildman–Crippen LogP) is 4.03. The van der Waals surface area contributed by atoms with E-state index >= 15 is 0 Å². The number of hydrogen-bond donors (Lipinski definition) is 1. The number of rotatable bonds is 2. The standard InChI is InChI=1S/C24H16BNO/c1-2-7-16(8-3-1)26-17-13-14-21-23(15-17)27-22-12-6-10-19-18-9-4-5-11-20(18)25(21)24(19)22/h1-15,26H/i1D,2D,3D,4D,5D,7D,8D,9D,11D. The van der Waals surface area contributed by atoms with Crippen molar-refractivity contribution in [3.63, 3.8) is 0 Å². The molecule has 0 radical (unpaired) electrons. The Morgan fingerprint density at radius 2 is 1.59 bits per heavy atom. The minimum atomic E-state index is -0.471. The molecule has 0 aromatic heterocycles. The van der Waals surface area contributed by atoms with Crippen molar-refractivity contribution >= 4 is 34.5 Å². The molecule has 27 heavy (non-hydrogen) atoms. The van der Waals surface area contributed by atoms with E-state index in [9.17, 15) is 0 Å². The zero-order chi connectivity index (χ0) is 25.6. The molecule has 0 spiro atoms. The number of fused-ring (bicyclic) bond motifs is 5. The van der Waals surface area contributed by atoms with Crippen LogP contribution in [0.15, 0.2) is 90.8 Å². The number of anilines is 2. The second kappa shape index (κ2) is 5.52. The van der Waals surface area contributed by atoms with Gasteiger partial charge in [-0.3, -0.25) is 0 Å². The van der Waals surface area contributed by atoms with Gasteiger partial charge in [0.15, 0.2) is 0 Å². The summed E-state index contributed by atoms with van der Waals surface area (Å²) >= 11 is 0. The van der Waals surface area contributed by atoms with Crippen LogP contribution in [0, 0.1) is 0 Å². The van der Waals surface area contributed by atoms with Crippen LogP contribution in [0.4, 0.5) is 11.4 Å². The molecule has 6 rings (SSSR count). The molecule has 0 amide bonds. The van der Waals surface area contributed by atoms with Crippen molar-refractivity contribution in [3.05, 3.63) is 90.8 Å². The highest BCUT2D eigenvalue weighted by molar-refractivity contribution is 7.00. The minimum Gasteiger partial charge on any atom is -0.458 e. The maximum absolute atomic E-state index is 8.62. The van der Waals surface area contributed by atoms with Crippen LogP contribution in [0.2, 0.25) is 0 Å². The van der Waals surface area contributed by atoms with Crippen LogP contribution in [0.5, 0.6) is 11.5 Å². The second-order valence-electron chi connectivity index (χ2n) is 6.42. The molecule has 2 aliphatic heterocycles. The van der Waals surface area contributed by atoms with Crippen molar-refractivity contribution in [2.75, 3.05) is 5.32 Å². The summed E-state index contributed by atoms with van der Waals surface area (Å²) in [6.07, 6.45) is 0. The fraction of sp³-hybridized carbons (Fsp3) is 0. The third-order valence-corrected chi connectivity index (χ3v) is 4.94. The lowest BCUT2D eigenvalue weighted by atomic mass is 9.38. The third kappa shape index (κ3) is 2.15. The van der Waals surface area contributed by atoms with Crippen molar-refractivity contribution in [3.8, 4) is 22.6 Å². The van der Waals surface area contributed by atoms with E-state index in [1.807, 2.05) is 6.07 Å². The fourth-order valence-corrected chi connectivity index (χ4v) is 3.87. The van der Waals surface area contributed by atoms with Gasteiger partial charge in [0.25, 0.3) is 6.71 Å². The third-order valence-electron chi connectivity index (χ3n) is 4.94. The van der Waals surface area contributed by atoms with Gasteiger partial charge in [-0.1, -0.05) is 66.0 Å². The monoisotopic (exact) mass is 354 g/mol. The first-order valence-corrected chi connectivity index (χ1v) is 8.51. The number of ether oxygens (including phenoxy) is 1. The van der Waals surface area contributed by atoms with Crippen LogP contribution in [-0.4, -0.2) is 6.71 Å². The van der Waals surface area contributed by atoms with Gasteiger partial charge >= 0.3 is 0 Å². The van der Waals surface area contributed by atoms with E-state index in [1.54, 1.807) is 30.3 Å². The van der Waals surface area contributed by atoms with Crippen LogP contribution >= 0.6 is 0 Å². The molecule has 0 bridgehead atoms. The van der Waals surface area contributed by atoms with Crippen molar-refractivity contribution in [2.45, 2.75) is 0 Å². The van der Waals surface area contributed by atoms with Crippen LogP contribution in [0.3, 0.4) is 0 Å². The van der Waals surface area contributed by atoms with Crippen LogP contribution in [-0.2, 0) is 0 Å². The number of nitrogens with one attached hydrogen (secondary N) is 1. The first-order valence-electron chi connectivity index (χ1n) is 13.0. The Balaban J connectivity index is 1.51. The second-order valence-corrected chi connectivity index (χ2v) is 6.42. The Morgan fingerprint density at radius 3 is 2.52 bits per heavy atom. The quantitative estimate of drug-likeness (QED) is 0.474. The molecule has 2 heterocycles. The molecule has 4 aromatic rings. The van der Waals surface area contributed by atoms with E-state index in [0.29, 0.717) is 39.2 Å². The summed E-state index contributed by atoms with van der Waals surface area (Å²) in [5, 5.41) is 2.93. The Kier molecular flexibility index (Phi) is 1.74. The molecule has 2 nitrogen and oxygen atoms in total. The van der Waals surface area contributed by atoms with E-state index in [1.165, 1.54) is 0 Å². The molecule has 0 atom stereocenters. The van der Waals surface area contributed by atoms with Crippen LogP contribution in [0.1, 0.15) is 12.3 Å². The summed E-state index contributed by atoms with van der Waals surface area (Å²) in [4.78, 5) is 0. The molecule has 0 fully saturated rings. The highest BCUT2D eigenvalue weighted by Gasteiger charge is 2.40. The zero-order valence-electron chi connectivity index (χ0n) is 22.9. The summed E-state index contributed by atoms with van der Waals surface area (Å²) in [7, 11) is 0. The topological polar surface area (TPSA) is 21.3 Å². The molecular weight excluding hydrogens is 329 g/mol. The first-order chi connectivity index (χ1) is 17.1. The SMILES string of the molecule is [2H]c1c([2H])c([2H])c(Nc2ccc3c(c2)Oc2cccc4c2B3c2c([2H])c([2H])c([2H])c([2H])c2-4)c([2H])c1[2H]. The molecule has 2 aliphatic rings. The van der Waals surface area contributed by atoms with Crippen molar-refractivity contribution in [2.24, 2.45) is 0 Å². The van der Waals surface area contributed by atoms with Crippen molar-refractivity contribution < 1.29 is 17.1 Å². The summed E-state index contributed by atoms with van der Waals surface area (Å²) in [5.41, 5.74) is 3.58. The Hall–Kier alpha value is -3.46. The highest BCUT2D eigenvalue weighted by atomic mass is 16.5. The lowest BCUT2D eigenvalue weighted by molar-refractivity contribution is 0.488. The number of para-hydroxylation sites is 1. The molecule has 0 saturated heterocycles. The molecule has 0 aliphatic carbocycles. The summed E-state index contributed by atoms with van der Waals surface area (Å²) in [6, 6.07) is 7.72. The predicted molar refractivity (Wildman–Crippen MR) is 113 cm³/mol. The largest absolute Gasteiger partial charge is 0.458 e. The lowest BCUT2D eigenvalue weighted by Gasteiger charge is -2.25. The van der Waals surface area contributed by atoms with E-state index in [-0.39, 0.29) is 41.9 Å². The average molecular weight is 354 g/mol. The molecule has 3 heteroatoms. The molecule has 0 saturated carbocycles. The number of hydrogen-bond acceptors (Lipinski definition) is 2. The van der Waals surface area contributed by atoms with Crippen molar-refractivity contribution in [1.82, 2.24) is 0 Å². The van der Waals surface area contributed by atoms with Gasteiger partial charge in [-0.25, -0.2) is 0 Å². The van der Waals surface area contributed by atoms with E-state index in [4.69, 9.17) is 17.1 Å². The Bertz CT molecular complexity index is 1630. The highest BCUT2D eigenvalue weighted by Crippen LogP contribution is 2.34. The van der Waals surface area contributed by atoms with Crippen LogP contribution < -0.4 is 26.4 Å². The molecule has 126 valence electrons. The Labute approximate surface area is 171 Å². The molecule has 0 unspecified atom stereocenters. The molecule has 4 aromatic carbocycles. The van der Waals surface area contributed by atoms with E-state index in [0.717, 1.165) is 5.46 Å². The summed E-state index contributed by atoms with van der Waals surface area (Å²) < 4.78 is 79.6. The van der Waals surface area contributed by atoms with Gasteiger partial charge in [0, 0.05) is 17.4 Å². The summed E-state index contributed by atoms with van der Waals surface area (Å²) in [6.45, 7) is -0.453. The van der Waals surface area contributed by atoms with Crippen molar-refractivity contribution in [1.29, 1.82) is 0 Å². The zero-order valence-corrected chi connectivity index (χ0v) is 13.9. The van der Waals surface area contributed by atoms with Gasteiger partial charge in [0.1, 0.15) is 11.5 Å². The van der Waals surface area contributed by atoms with Gasteiger partial charge < -0.3 is 10.1 Å². The smallest absolute Gasteiger partial charge is 0.252 e.